The number of nitrogens with two attached hydrogens (primary N) is 1. The minimum Gasteiger partial charge on any atom is -0.359 e. The molecule has 0 aliphatic heterocycles. The highest BCUT2D eigenvalue weighted by molar-refractivity contribution is 5.38. The van der Waals surface area contributed by atoms with Gasteiger partial charge in [-0.3, -0.25) is 4.98 Å². The zero-order valence-corrected chi connectivity index (χ0v) is 11.5. The van der Waals surface area contributed by atoms with E-state index >= 15 is 0 Å². The van der Waals surface area contributed by atoms with Crippen LogP contribution in [0.15, 0.2) is 42.7 Å². The molecule has 0 aliphatic carbocycles. The SMILES string of the molecule is C[C@H](N)c1ccc(N(C)CCc2ccccn2)nc1. The largest absolute Gasteiger partial charge is 0.359 e. The highest BCUT2D eigenvalue weighted by Gasteiger charge is 2.05. The molecular weight excluding hydrogens is 236 g/mol. The Balaban J connectivity index is 1.94. The topological polar surface area (TPSA) is 55.0 Å². The summed E-state index contributed by atoms with van der Waals surface area (Å²) in [5, 5.41) is 0. The minimum absolute atomic E-state index is 0.0281. The quantitative estimate of drug-likeness (QED) is 0.891. The molecule has 0 spiro atoms. The molecule has 0 fully saturated rings. The van der Waals surface area contributed by atoms with Crippen molar-refractivity contribution < 1.29 is 0 Å². The van der Waals surface area contributed by atoms with Crippen molar-refractivity contribution in [3.05, 3.63) is 54.0 Å². The summed E-state index contributed by atoms with van der Waals surface area (Å²) in [6, 6.07) is 10.1. The fourth-order valence-corrected chi connectivity index (χ4v) is 1.84. The lowest BCUT2D eigenvalue weighted by Crippen LogP contribution is -2.21. The maximum absolute atomic E-state index is 5.81. The van der Waals surface area contributed by atoms with Gasteiger partial charge in [0, 0.05) is 44.1 Å². The summed E-state index contributed by atoms with van der Waals surface area (Å²) in [6.45, 7) is 2.85. The summed E-state index contributed by atoms with van der Waals surface area (Å²) in [5.74, 6) is 0.959. The Bertz CT molecular complexity index is 493. The van der Waals surface area contributed by atoms with Crippen molar-refractivity contribution in [2.24, 2.45) is 5.73 Å². The second-order valence-corrected chi connectivity index (χ2v) is 4.73. The first-order chi connectivity index (χ1) is 9.16. The Morgan fingerprint density at radius 2 is 2.05 bits per heavy atom. The first kappa shape index (κ1) is 13.5. The molecule has 0 radical (unpaired) electrons. The van der Waals surface area contributed by atoms with Gasteiger partial charge in [0.25, 0.3) is 0 Å². The Labute approximate surface area is 114 Å². The summed E-state index contributed by atoms with van der Waals surface area (Å²) >= 11 is 0. The second kappa shape index (κ2) is 6.29. The first-order valence-corrected chi connectivity index (χ1v) is 6.49. The average molecular weight is 256 g/mol. The predicted octanol–water partition coefficient (Wildman–Crippen LogP) is 2.18. The van der Waals surface area contributed by atoms with Gasteiger partial charge in [-0.25, -0.2) is 4.98 Å². The average Bonchev–Trinajstić information content (AvgIpc) is 2.46. The molecule has 4 nitrogen and oxygen atoms in total. The first-order valence-electron chi connectivity index (χ1n) is 6.49. The van der Waals surface area contributed by atoms with Crippen LogP contribution in [0.25, 0.3) is 0 Å². The lowest BCUT2D eigenvalue weighted by atomic mass is 10.1. The molecule has 0 bridgehead atoms. The van der Waals surface area contributed by atoms with E-state index in [0.29, 0.717) is 0 Å². The molecule has 19 heavy (non-hydrogen) atoms. The van der Waals surface area contributed by atoms with Crippen LogP contribution in [0.2, 0.25) is 0 Å². The molecule has 0 amide bonds. The number of nitrogens with zero attached hydrogens (tertiary/aromatic N) is 3. The maximum atomic E-state index is 5.81. The molecule has 0 saturated heterocycles. The van der Waals surface area contributed by atoms with E-state index in [4.69, 9.17) is 5.73 Å². The van der Waals surface area contributed by atoms with E-state index < -0.39 is 0 Å². The van der Waals surface area contributed by atoms with Gasteiger partial charge < -0.3 is 10.6 Å². The van der Waals surface area contributed by atoms with Gasteiger partial charge in [0.15, 0.2) is 0 Å². The van der Waals surface area contributed by atoms with E-state index in [1.165, 1.54) is 0 Å². The van der Waals surface area contributed by atoms with Gasteiger partial charge >= 0.3 is 0 Å². The van der Waals surface area contributed by atoms with Crippen LogP contribution in [0, 0.1) is 0 Å². The smallest absolute Gasteiger partial charge is 0.128 e. The number of hydrogen-bond donors (Lipinski definition) is 1. The van der Waals surface area contributed by atoms with Gasteiger partial charge in [-0.05, 0) is 30.7 Å². The lowest BCUT2D eigenvalue weighted by molar-refractivity contribution is 0.803. The lowest BCUT2D eigenvalue weighted by Gasteiger charge is -2.18. The second-order valence-electron chi connectivity index (χ2n) is 4.73. The molecule has 4 heteroatoms. The zero-order chi connectivity index (χ0) is 13.7. The van der Waals surface area contributed by atoms with Crippen molar-refractivity contribution in [1.29, 1.82) is 0 Å². The van der Waals surface area contributed by atoms with Crippen molar-refractivity contribution in [1.82, 2.24) is 9.97 Å². The van der Waals surface area contributed by atoms with Gasteiger partial charge in [0.05, 0.1) is 0 Å². The number of aromatic nitrogens is 2. The zero-order valence-electron chi connectivity index (χ0n) is 11.5. The highest BCUT2D eigenvalue weighted by Crippen LogP contribution is 2.13. The maximum Gasteiger partial charge on any atom is 0.128 e. The van der Waals surface area contributed by atoms with Crippen molar-refractivity contribution in [3.63, 3.8) is 0 Å². The Morgan fingerprint density at radius 3 is 2.63 bits per heavy atom. The van der Waals surface area contributed by atoms with Crippen LogP contribution in [-0.2, 0) is 6.42 Å². The molecule has 2 aromatic rings. The Morgan fingerprint density at radius 1 is 1.21 bits per heavy atom. The molecular formula is C15H20N4. The molecule has 0 saturated carbocycles. The van der Waals surface area contributed by atoms with Crippen LogP contribution in [-0.4, -0.2) is 23.6 Å². The Kier molecular flexibility index (Phi) is 4.47. The van der Waals surface area contributed by atoms with Gasteiger partial charge in [-0.2, -0.15) is 0 Å². The van der Waals surface area contributed by atoms with Crippen LogP contribution in [0.3, 0.4) is 0 Å². The molecule has 2 rings (SSSR count). The summed E-state index contributed by atoms with van der Waals surface area (Å²) in [5.41, 5.74) is 7.97. The fraction of sp³-hybridized carbons (Fsp3) is 0.333. The van der Waals surface area contributed by atoms with Crippen LogP contribution in [0.5, 0.6) is 0 Å². The fourth-order valence-electron chi connectivity index (χ4n) is 1.84. The number of rotatable bonds is 5. The Hall–Kier alpha value is -1.94. The van der Waals surface area contributed by atoms with Crippen LogP contribution in [0.1, 0.15) is 24.2 Å². The molecule has 0 unspecified atom stereocenters. The van der Waals surface area contributed by atoms with E-state index in [1.807, 2.05) is 56.7 Å². The monoisotopic (exact) mass is 256 g/mol. The summed E-state index contributed by atoms with van der Waals surface area (Å²) in [7, 11) is 2.04. The van der Waals surface area contributed by atoms with Crippen molar-refractivity contribution >= 4 is 5.82 Å². The molecule has 0 aromatic carbocycles. The van der Waals surface area contributed by atoms with E-state index in [2.05, 4.69) is 14.9 Å². The summed E-state index contributed by atoms with van der Waals surface area (Å²) in [6.07, 6.45) is 4.58. The van der Waals surface area contributed by atoms with Gasteiger partial charge in [-0.15, -0.1) is 0 Å². The molecule has 2 heterocycles. The third-order valence-electron chi connectivity index (χ3n) is 3.12. The highest BCUT2D eigenvalue weighted by atomic mass is 15.2. The van der Waals surface area contributed by atoms with E-state index in [-0.39, 0.29) is 6.04 Å². The van der Waals surface area contributed by atoms with Crippen LogP contribution in [0.4, 0.5) is 5.82 Å². The van der Waals surface area contributed by atoms with Gasteiger partial charge in [0.2, 0.25) is 0 Å². The standard InChI is InChI=1S/C15H20N4/c1-12(16)13-6-7-15(18-11-13)19(2)10-8-14-5-3-4-9-17-14/h3-7,9,11-12H,8,10,16H2,1-2H3/t12-/m0/s1. The third kappa shape index (κ3) is 3.76. The number of anilines is 1. The minimum atomic E-state index is 0.0281. The number of likely N-dealkylation sites (N-methyl/N-ethyl adjacent to an activating group) is 1. The third-order valence-corrected chi connectivity index (χ3v) is 3.12. The number of hydrogen-bond acceptors (Lipinski definition) is 4. The van der Waals surface area contributed by atoms with Crippen molar-refractivity contribution in [3.8, 4) is 0 Å². The normalized spacial score (nSPS) is 12.2. The van der Waals surface area contributed by atoms with Crippen molar-refractivity contribution in [2.45, 2.75) is 19.4 Å². The van der Waals surface area contributed by atoms with Crippen LogP contribution < -0.4 is 10.6 Å². The van der Waals surface area contributed by atoms with Crippen molar-refractivity contribution in [2.75, 3.05) is 18.5 Å². The van der Waals surface area contributed by atoms with Gasteiger partial charge in [0.1, 0.15) is 5.82 Å². The predicted molar refractivity (Wildman–Crippen MR) is 78.1 cm³/mol. The molecule has 0 aliphatic rings. The molecule has 100 valence electrons. The molecule has 1 atom stereocenters. The van der Waals surface area contributed by atoms with E-state index in [1.54, 1.807) is 0 Å². The van der Waals surface area contributed by atoms with E-state index in [0.717, 1.165) is 30.0 Å². The summed E-state index contributed by atoms with van der Waals surface area (Å²) < 4.78 is 0. The van der Waals surface area contributed by atoms with E-state index in [9.17, 15) is 0 Å². The summed E-state index contributed by atoms with van der Waals surface area (Å²) in [4.78, 5) is 10.9. The molecule has 2 N–H and O–H groups in total. The van der Waals surface area contributed by atoms with Crippen LogP contribution >= 0.6 is 0 Å². The number of pyridine rings is 2. The molecule has 2 aromatic heterocycles. The van der Waals surface area contributed by atoms with Gasteiger partial charge in [-0.1, -0.05) is 12.1 Å².